The van der Waals surface area contributed by atoms with Gasteiger partial charge in [-0.3, -0.25) is 23.5 Å². The molecule has 13 N–H and O–H groups in total. The van der Waals surface area contributed by atoms with Crippen molar-refractivity contribution in [1.29, 1.82) is 0 Å². The Kier molecular flexibility index (Phi) is 18.7. The highest BCUT2D eigenvalue weighted by atomic mass is 16.6. The van der Waals surface area contributed by atoms with Crippen molar-refractivity contribution < 1.29 is 54.2 Å². The third kappa shape index (κ3) is 13.2. The van der Waals surface area contributed by atoms with E-state index in [4.69, 9.17) is 26.0 Å². The maximum atomic E-state index is 12.2. The Morgan fingerprint density at radius 3 is 1.32 bits per heavy atom. The molecule has 0 unspecified atom stereocenters. The number of aliphatic hydroxyl groups excluding tert-OH is 4. The first-order chi connectivity index (χ1) is 34.6. The average molecular weight is 1010 g/mol. The number of nitrogens with two attached hydrogens (primary N) is 2. The van der Waals surface area contributed by atoms with E-state index < -0.39 is 66.9 Å². The third-order valence-corrected chi connectivity index (χ3v) is 12.0. The van der Waals surface area contributed by atoms with Gasteiger partial charge in [-0.25, -0.2) is 9.97 Å². The van der Waals surface area contributed by atoms with Gasteiger partial charge in [0.15, 0.2) is 47.6 Å². The van der Waals surface area contributed by atoms with Crippen LogP contribution in [0.3, 0.4) is 0 Å². The van der Waals surface area contributed by atoms with Crippen LogP contribution in [0.5, 0.6) is 0 Å². The number of imidazole rings is 2. The van der Waals surface area contributed by atoms with E-state index in [0.29, 0.717) is 68.5 Å². The molecule has 6 heterocycles. The van der Waals surface area contributed by atoms with Crippen molar-refractivity contribution in [3.8, 4) is 0 Å². The van der Waals surface area contributed by atoms with Gasteiger partial charge in [0.25, 0.3) is 11.8 Å². The van der Waals surface area contributed by atoms with Gasteiger partial charge >= 0.3 is 5.97 Å². The number of aliphatic hydroxyl groups is 4. The Labute approximate surface area is 419 Å². The number of carboxylic acid groups (broad SMARTS) is 1. The third-order valence-electron chi connectivity index (χ3n) is 12.0. The lowest BCUT2D eigenvalue weighted by molar-refractivity contribution is -0.138. The smallest absolute Gasteiger partial charge is 0.303 e. The Bertz CT molecular complexity index is 2650. The van der Waals surface area contributed by atoms with Crippen molar-refractivity contribution in [3.63, 3.8) is 0 Å². The molecule has 73 heavy (non-hydrogen) atoms. The summed E-state index contributed by atoms with van der Waals surface area (Å²) in [6, 6.07) is 15.8. The van der Waals surface area contributed by atoms with Gasteiger partial charge in [-0.05, 0) is 68.7 Å². The minimum Gasteiger partial charge on any atom is -0.481 e. The summed E-state index contributed by atoms with van der Waals surface area (Å²) >= 11 is 0. The molecule has 2 aromatic carbocycles. The van der Waals surface area contributed by atoms with Crippen LogP contribution in [-0.2, 0) is 54.3 Å². The SMILES string of the molecule is C.CCNC(=O)[C@H]1O[C@@H](n2cnc3c(N)nc(NCCc4ccc(CCC(=O)O)cc4)nc32)[C@H](O)[C@@H]1O.CCNC(=O)[C@H]1O[C@@H](n2cnc3c(N)nc(NCCc4ccc(CCC(C)=O)cc4)nc32)[C@H](O)[C@@H]1O. The molecule has 2 saturated heterocycles. The summed E-state index contributed by atoms with van der Waals surface area (Å²) in [6.45, 7) is 6.82. The van der Waals surface area contributed by atoms with Gasteiger partial charge in [0.2, 0.25) is 11.9 Å². The minimum atomic E-state index is -1.42. The second kappa shape index (κ2) is 24.8. The fourth-order valence-corrected chi connectivity index (χ4v) is 8.12. The first-order valence-corrected chi connectivity index (χ1v) is 23.5. The number of aromatic nitrogens is 8. The summed E-state index contributed by atoms with van der Waals surface area (Å²) < 4.78 is 14.2. The van der Waals surface area contributed by atoms with Crippen LogP contribution in [0.15, 0.2) is 61.2 Å². The number of aryl methyl sites for hydroxylation is 2. The normalized spacial score (nSPS) is 21.2. The van der Waals surface area contributed by atoms with Crippen molar-refractivity contribution in [2.24, 2.45) is 0 Å². The maximum absolute atomic E-state index is 12.2. The molecule has 0 spiro atoms. The van der Waals surface area contributed by atoms with Gasteiger partial charge in [0.1, 0.15) is 41.2 Å². The zero-order valence-corrected chi connectivity index (χ0v) is 39.9. The van der Waals surface area contributed by atoms with Gasteiger partial charge in [-0.1, -0.05) is 56.0 Å². The lowest BCUT2D eigenvalue weighted by Crippen LogP contribution is -2.42. The van der Waals surface area contributed by atoms with Crippen LogP contribution in [0.25, 0.3) is 22.3 Å². The van der Waals surface area contributed by atoms with Crippen LogP contribution < -0.4 is 32.7 Å². The number of amides is 2. The Balaban J connectivity index is 0.000000235. The number of Topliss-reactive ketones (excluding diaryl/α,β-unsaturated/α-hetero) is 1. The predicted molar refractivity (Wildman–Crippen MR) is 268 cm³/mol. The zero-order valence-electron chi connectivity index (χ0n) is 39.9. The summed E-state index contributed by atoms with van der Waals surface area (Å²) in [4.78, 5) is 72.1. The molecule has 2 amide bonds. The van der Waals surface area contributed by atoms with Crippen molar-refractivity contribution >= 4 is 69.4 Å². The van der Waals surface area contributed by atoms with Crippen LogP contribution in [0, 0.1) is 0 Å². The highest BCUT2D eigenvalue weighted by Gasteiger charge is 2.49. The number of aliphatic carboxylic acids is 1. The fourth-order valence-electron chi connectivity index (χ4n) is 8.12. The first kappa shape index (κ1) is 54.9. The number of likely N-dealkylation sites (N-methyl/N-ethyl adjacent to an activating group) is 2. The quantitative estimate of drug-likeness (QED) is 0.0504. The van der Waals surface area contributed by atoms with Crippen molar-refractivity contribution in [2.75, 3.05) is 48.3 Å². The number of hydrogen-bond acceptors (Lipinski definition) is 20. The number of nitrogens with zero attached hydrogens (tertiary/aromatic N) is 8. The van der Waals surface area contributed by atoms with Gasteiger partial charge in [0.05, 0.1) is 12.7 Å². The van der Waals surface area contributed by atoms with E-state index in [1.807, 2.05) is 48.5 Å². The zero-order chi connectivity index (χ0) is 51.6. The summed E-state index contributed by atoms with van der Waals surface area (Å²) in [5.74, 6) is -0.912. The molecule has 6 aromatic rings. The highest BCUT2D eigenvalue weighted by molar-refractivity contribution is 5.85. The number of nitrogen functional groups attached to an aromatic ring is 2. The number of nitrogens with one attached hydrogen (secondary N) is 4. The van der Waals surface area contributed by atoms with Gasteiger partial charge in [-0.15, -0.1) is 0 Å². The molecule has 0 bridgehead atoms. The lowest BCUT2D eigenvalue weighted by atomic mass is 10.0. The Morgan fingerprint density at radius 1 is 0.589 bits per heavy atom. The van der Waals surface area contributed by atoms with E-state index in [1.165, 1.54) is 21.8 Å². The van der Waals surface area contributed by atoms with Gasteiger partial charge in [-0.2, -0.15) is 19.9 Å². The second-order valence-electron chi connectivity index (χ2n) is 17.2. The number of anilines is 4. The number of rotatable bonds is 20. The number of ketones is 1. The Hall–Kier alpha value is -7.42. The number of ether oxygens (including phenoxy) is 2. The molecule has 0 radical (unpaired) electrons. The summed E-state index contributed by atoms with van der Waals surface area (Å²) in [6.07, 6.45) is -4.30. The maximum Gasteiger partial charge on any atom is 0.303 e. The largest absolute Gasteiger partial charge is 0.481 e. The highest BCUT2D eigenvalue weighted by Crippen LogP contribution is 2.34. The van der Waals surface area contributed by atoms with E-state index in [2.05, 4.69) is 51.2 Å². The average Bonchev–Trinajstić information content (AvgIpc) is 4.12. The summed E-state index contributed by atoms with van der Waals surface area (Å²) in [7, 11) is 0. The molecular formula is C48H64N14O11. The molecule has 8 rings (SSSR count). The molecule has 2 aliphatic rings. The van der Waals surface area contributed by atoms with Crippen LogP contribution >= 0.6 is 0 Å². The number of carbonyl (C=O) groups excluding carboxylic acids is 3. The van der Waals surface area contributed by atoms with Crippen LogP contribution in [-0.4, -0.2) is 151 Å². The molecule has 4 aromatic heterocycles. The van der Waals surface area contributed by atoms with E-state index in [-0.39, 0.29) is 48.8 Å². The van der Waals surface area contributed by atoms with E-state index in [9.17, 15) is 39.6 Å². The first-order valence-electron chi connectivity index (χ1n) is 23.5. The van der Waals surface area contributed by atoms with Gasteiger partial charge in [0, 0.05) is 39.0 Å². The van der Waals surface area contributed by atoms with Crippen molar-refractivity contribution in [1.82, 2.24) is 49.7 Å². The molecule has 8 atom stereocenters. The van der Waals surface area contributed by atoms with E-state index in [1.54, 1.807) is 20.8 Å². The van der Waals surface area contributed by atoms with Crippen molar-refractivity contribution in [3.05, 3.63) is 83.4 Å². The van der Waals surface area contributed by atoms with E-state index in [0.717, 1.165) is 28.7 Å². The fraction of sp³-hybridized carbons (Fsp3) is 0.458. The number of carboxylic acids is 1. The number of carbonyl (C=O) groups is 4. The molecule has 392 valence electrons. The Morgan fingerprint density at radius 2 is 0.959 bits per heavy atom. The monoisotopic (exact) mass is 1010 g/mol. The minimum absolute atomic E-state index is 0. The van der Waals surface area contributed by atoms with Crippen LogP contribution in [0.4, 0.5) is 23.5 Å². The molecule has 2 fully saturated rings. The molecule has 2 aliphatic heterocycles. The summed E-state index contributed by atoms with van der Waals surface area (Å²) in [5.41, 5.74) is 17.6. The number of hydrogen-bond donors (Lipinski definition) is 11. The summed E-state index contributed by atoms with van der Waals surface area (Å²) in [5, 5.41) is 62.0. The van der Waals surface area contributed by atoms with Crippen molar-refractivity contribution in [2.45, 2.75) is 116 Å². The molecular weight excluding hydrogens is 949 g/mol. The van der Waals surface area contributed by atoms with Crippen LogP contribution in [0.2, 0.25) is 0 Å². The topological polar surface area (TPSA) is 375 Å². The second-order valence-corrected chi connectivity index (χ2v) is 17.2. The standard InChI is InChI=1S/C24H31N7O5.C23H29N7O6.CH4/c1-3-26-22(35)19-17(33)18(34)23(36-19)31-12-28-16-20(25)29-24(30-21(16)31)27-11-10-15-8-6-14(7-9-15)5-4-13(2)32;1-2-25-21(35)18-16(33)17(34)22(36-18)30-11-27-15-19(24)28-23(29-20(15)30)26-10-9-13-5-3-12(4-6-13)7-8-14(31)32;/h6-9,12,17-19,23,33-34H,3-5,10-11H2,1-2H3,(H,26,35)(H3,25,27,29,30);3-6,11,16-18,22,33-34H,2,7-10H2,1H3,(H,25,35)(H,31,32)(H3,24,26,28,29);1H4/t17-,18+,19-,23+;16-,17+,18-,22+;/m00./s1. The van der Waals surface area contributed by atoms with Gasteiger partial charge < -0.3 is 72.5 Å². The lowest BCUT2D eigenvalue weighted by Gasteiger charge is -2.16. The molecule has 0 saturated carbocycles. The van der Waals surface area contributed by atoms with Crippen LogP contribution in [0.1, 0.15) is 75.7 Å². The molecule has 25 nitrogen and oxygen atoms in total. The number of benzene rings is 2. The number of fused-ring (bicyclic) bond motifs is 2. The predicted octanol–water partition coefficient (Wildman–Crippen LogP) is 0.812. The molecule has 25 heteroatoms. The van der Waals surface area contributed by atoms with E-state index >= 15 is 0 Å². The molecule has 0 aliphatic carbocycles.